The van der Waals surface area contributed by atoms with Gasteiger partial charge in [0.1, 0.15) is 5.82 Å². The van der Waals surface area contributed by atoms with Crippen molar-refractivity contribution in [2.45, 2.75) is 6.54 Å². The third-order valence-electron chi connectivity index (χ3n) is 2.39. The van der Waals surface area contributed by atoms with Crippen LogP contribution in [0.1, 0.15) is 5.56 Å². The van der Waals surface area contributed by atoms with E-state index in [0.29, 0.717) is 5.56 Å². The van der Waals surface area contributed by atoms with Gasteiger partial charge < -0.3 is 5.32 Å². The molecule has 0 radical (unpaired) electrons. The maximum absolute atomic E-state index is 13.5. The molecule has 1 N–H and O–H groups in total. The minimum Gasteiger partial charge on any atom is -0.316 e. The molecule has 1 heterocycles. The van der Waals surface area contributed by atoms with E-state index in [2.05, 4.69) is 10.3 Å². The van der Waals surface area contributed by atoms with Crippen molar-refractivity contribution in [3.63, 3.8) is 0 Å². The number of rotatable bonds is 3. The fraction of sp³-hybridized carbons (Fsp3) is 0.154. The standard InChI is InChI=1S/C13H13FN2/c1-15-8-10-3-2-4-11(7-10)12-5-6-16-9-13(12)14/h2-7,9,15H,8H2,1H3. The van der Waals surface area contributed by atoms with Gasteiger partial charge in [-0.2, -0.15) is 0 Å². The molecule has 82 valence electrons. The molecular weight excluding hydrogens is 203 g/mol. The maximum Gasteiger partial charge on any atom is 0.149 e. The molecule has 0 fully saturated rings. The number of halogens is 1. The average Bonchev–Trinajstić information content (AvgIpc) is 2.30. The Balaban J connectivity index is 2.40. The summed E-state index contributed by atoms with van der Waals surface area (Å²) in [5.41, 5.74) is 2.61. The van der Waals surface area contributed by atoms with Crippen LogP contribution < -0.4 is 5.32 Å². The number of pyridine rings is 1. The summed E-state index contributed by atoms with van der Waals surface area (Å²) in [7, 11) is 1.89. The largest absolute Gasteiger partial charge is 0.316 e. The van der Waals surface area contributed by atoms with E-state index >= 15 is 0 Å². The van der Waals surface area contributed by atoms with E-state index in [4.69, 9.17) is 0 Å². The van der Waals surface area contributed by atoms with Crippen LogP contribution in [-0.4, -0.2) is 12.0 Å². The third-order valence-corrected chi connectivity index (χ3v) is 2.39. The van der Waals surface area contributed by atoms with Crippen LogP contribution in [0.15, 0.2) is 42.7 Å². The second-order valence-electron chi connectivity index (χ2n) is 3.59. The van der Waals surface area contributed by atoms with E-state index in [1.165, 1.54) is 6.20 Å². The Bertz CT molecular complexity index is 483. The average molecular weight is 216 g/mol. The second-order valence-corrected chi connectivity index (χ2v) is 3.59. The Morgan fingerprint density at radius 3 is 2.94 bits per heavy atom. The zero-order chi connectivity index (χ0) is 11.4. The fourth-order valence-electron chi connectivity index (χ4n) is 1.66. The molecule has 2 rings (SSSR count). The normalized spacial score (nSPS) is 10.4. The van der Waals surface area contributed by atoms with Crippen LogP contribution in [-0.2, 0) is 6.54 Å². The zero-order valence-electron chi connectivity index (χ0n) is 9.07. The van der Waals surface area contributed by atoms with Crippen molar-refractivity contribution in [1.82, 2.24) is 10.3 Å². The zero-order valence-corrected chi connectivity index (χ0v) is 9.07. The van der Waals surface area contributed by atoms with Gasteiger partial charge in [0.2, 0.25) is 0 Å². The molecule has 0 saturated heterocycles. The molecule has 0 spiro atoms. The van der Waals surface area contributed by atoms with Crippen LogP contribution in [0.2, 0.25) is 0 Å². The molecule has 0 aliphatic heterocycles. The summed E-state index contributed by atoms with van der Waals surface area (Å²) >= 11 is 0. The molecule has 16 heavy (non-hydrogen) atoms. The van der Waals surface area contributed by atoms with Crippen molar-refractivity contribution in [3.8, 4) is 11.1 Å². The van der Waals surface area contributed by atoms with Crippen LogP contribution in [0.5, 0.6) is 0 Å². The molecule has 2 nitrogen and oxygen atoms in total. The molecular formula is C13H13FN2. The molecule has 0 unspecified atom stereocenters. The first-order valence-electron chi connectivity index (χ1n) is 5.14. The number of hydrogen-bond donors (Lipinski definition) is 1. The van der Waals surface area contributed by atoms with Gasteiger partial charge in [-0.15, -0.1) is 0 Å². The number of aromatic nitrogens is 1. The summed E-state index contributed by atoms with van der Waals surface area (Å²) in [4.78, 5) is 3.74. The van der Waals surface area contributed by atoms with E-state index in [1.807, 2.05) is 31.3 Å². The van der Waals surface area contributed by atoms with Gasteiger partial charge in [-0.1, -0.05) is 18.2 Å². The van der Waals surface area contributed by atoms with Gasteiger partial charge >= 0.3 is 0 Å². The third kappa shape index (κ3) is 2.25. The Morgan fingerprint density at radius 2 is 2.19 bits per heavy atom. The van der Waals surface area contributed by atoms with E-state index in [9.17, 15) is 4.39 Å². The maximum atomic E-state index is 13.5. The van der Waals surface area contributed by atoms with Crippen molar-refractivity contribution in [2.24, 2.45) is 0 Å². The first kappa shape index (κ1) is 10.8. The Morgan fingerprint density at radius 1 is 1.31 bits per heavy atom. The highest BCUT2D eigenvalue weighted by Gasteiger charge is 2.04. The minimum atomic E-state index is -0.288. The first-order chi connectivity index (χ1) is 7.81. The lowest BCUT2D eigenvalue weighted by molar-refractivity contribution is 0.625. The molecule has 0 aliphatic carbocycles. The number of benzene rings is 1. The SMILES string of the molecule is CNCc1cccc(-c2ccncc2F)c1. The number of nitrogens with one attached hydrogen (secondary N) is 1. The summed E-state index contributed by atoms with van der Waals surface area (Å²) in [6, 6.07) is 9.52. The van der Waals surface area contributed by atoms with Gasteiger partial charge in [-0.3, -0.25) is 4.98 Å². The van der Waals surface area contributed by atoms with Gasteiger partial charge in [0.05, 0.1) is 6.20 Å². The van der Waals surface area contributed by atoms with Crippen molar-refractivity contribution < 1.29 is 4.39 Å². The molecule has 1 aromatic carbocycles. The molecule has 2 aromatic rings. The number of nitrogens with zero attached hydrogens (tertiary/aromatic N) is 1. The predicted molar refractivity (Wildman–Crippen MR) is 62.4 cm³/mol. The summed E-state index contributed by atoms with van der Waals surface area (Å²) in [5.74, 6) is -0.288. The lowest BCUT2D eigenvalue weighted by Gasteiger charge is -2.05. The van der Waals surface area contributed by atoms with Gasteiger partial charge in [0.25, 0.3) is 0 Å². The van der Waals surface area contributed by atoms with Crippen LogP contribution in [0.25, 0.3) is 11.1 Å². The molecule has 0 saturated carbocycles. The second kappa shape index (κ2) is 4.86. The minimum absolute atomic E-state index is 0.288. The topological polar surface area (TPSA) is 24.9 Å². The molecule has 0 aliphatic rings. The lowest BCUT2D eigenvalue weighted by Crippen LogP contribution is -2.04. The van der Waals surface area contributed by atoms with Crippen LogP contribution in [0.3, 0.4) is 0 Å². The smallest absolute Gasteiger partial charge is 0.149 e. The van der Waals surface area contributed by atoms with Crippen molar-refractivity contribution in [3.05, 3.63) is 54.1 Å². The Hall–Kier alpha value is -1.74. The molecule has 0 atom stereocenters. The Kier molecular flexibility index (Phi) is 3.27. The molecule has 0 amide bonds. The summed E-state index contributed by atoms with van der Waals surface area (Å²) in [6.45, 7) is 0.778. The van der Waals surface area contributed by atoms with Crippen molar-refractivity contribution >= 4 is 0 Å². The van der Waals surface area contributed by atoms with Gasteiger partial charge in [-0.25, -0.2) is 4.39 Å². The quantitative estimate of drug-likeness (QED) is 0.853. The van der Waals surface area contributed by atoms with Gasteiger partial charge in [0, 0.05) is 18.3 Å². The summed E-state index contributed by atoms with van der Waals surface area (Å²) < 4.78 is 13.5. The highest BCUT2D eigenvalue weighted by molar-refractivity contribution is 5.64. The number of hydrogen-bond acceptors (Lipinski definition) is 2. The van der Waals surface area contributed by atoms with Crippen LogP contribution in [0, 0.1) is 5.82 Å². The first-order valence-corrected chi connectivity index (χ1v) is 5.14. The fourth-order valence-corrected chi connectivity index (χ4v) is 1.66. The molecule has 0 bridgehead atoms. The van der Waals surface area contributed by atoms with Crippen LogP contribution in [0.4, 0.5) is 4.39 Å². The summed E-state index contributed by atoms with van der Waals surface area (Å²) in [5, 5.41) is 3.07. The van der Waals surface area contributed by atoms with E-state index in [-0.39, 0.29) is 5.82 Å². The van der Waals surface area contributed by atoms with Gasteiger partial charge in [-0.05, 0) is 30.3 Å². The van der Waals surface area contributed by atoms with E-state index in [1.54, 1.807) is 12.3 Å². The monoisotopic (exact) mass is 216 g/mol. The Labute approximate surface area is 94.2 Å². The highest BCUT2D eigenvalue weighted by atomic mass is 19.1. The van der Waals surface area contributed by atoms with E-state index < -0.39 is 0 Å². The lowest BCUT2D eigenvalue weighted by atomic mass is 10.0. The highest BCUT2D eigenvalue weighted by Crippen LogP contribution is 2.22. The van der Waals surface area contributed by atoms with E-state index in [0.717, 1.165) is 17.7 Å². The predicted octanol–water partition coefficient (Wildman–Crippen LogP) is 2.61. The van der Waals surface area contributed by atoms with Crippen molar-refractivity contribution in [1.29, 1.82) is 0 Å². The van der Waals surface area contributed by atoms with Gasteiger partial charge in [0.15, 0.2) is 0 Å². The summed E-state index contributed by atoms with van der Waals surface area (Å²) in [6.07, 6.45) is 2.84. The van der Waals surface area contributed by atoms with Crippen LogP contribution >= 0.6 is 0 Å². The molecule has 1 aromatic heterocycles. The molecule has 3 heteroatoms. The van der Waals surface area contributed by atoms with Crippen molar-refractivity contribution in [2.75, 3.05) is 7.05 Å².